The van der Waals surface area contributed by atoms with E-state index in [4.69, 9.17) is 11.5 Å². The minimum Gasteiger partial charge on any atom is -0.330 e. The SMILES string of the molecule is C=CCN.CCCCCN. The summed E-state index contributed by atoms with van der Waals surface area (Å²) < 4.78 is 0. The Labute approximate surface area is 64.3 Å². The molecular weight excluding hydrogens is 124 g/mol. The lowest BCUT2D eigenvalue weighted by atomic mass is 10.3. The van der Waals surface area contributed by atoms with E-state index in [1.807, 2.05) is 0 Å². The van der Waals surface area contributed by atoms with Crippen molar-refractivity contribution >= 4 is 0 Å². The van der Waals surface area contributed by atoms with Crippen LogP contribution in [0.2, 0.25) is 0 Å². The molecule has 0 rings (SSSR count). The zero-order valence-corrected chi connectivity index (χ0v) is 6.97. The lowest BCUT2D eigenvalue weighted by Crippen LogP contribution is -1.96. The van der Waals surface area contributed by atoms with Gasteiger partial charge in [0.2, 0.25) is 0 Å². The summed E-state index contributed by atoms with van der Waals surface area (Å²) in [5.41, 5.74) is 10.1. The first-order chi connectivity index (χ1) is 4.83. The van der Waals surface area contributed by atoms with Crippen LogP contribution in [0.4, 0.5) is 0 Å². The molecule has 0 fully saturated rings. The highest BCUT2D eigenvalue weighted by Gasteiger charge is 1.75. The van der Waals surface area contributed by atoms with Crippen molar-refractivity contribution in [1.29, 1.82) is 0 Å². The molecule has 0 spiro atoms. The summed E-state index contributed by atoms with van der Waals surface area (Å²) in [6.45, 7) is 6.97. The van der Waals surface area contributed by atoms with Crippen molar-refractivity contribution in [2.75, 3.05) is 13.1 Å². The number of nitrogens with two attached hydrogens (primary N) is 2. The van der Waals surface area contributed by atoms with Gasteiger partial charge in [0.1, 0.15) is 0 Å². The molecule has 0 saturated carbocycles. The van der Waals surface area contributed by atoms with Crippen LogP contribution in [0.15, 0.2) is 12.7 Å². The predicted molar refractivity (Wildman–Crippen MR) is 47.8 cm³/mol. The minimum absolute atomic E-state index is 0.583. The molecule has 0 unspecified atom stereocenters. The van der Waals surface area contributed by atoms with Gasteiger partial charge in [0.05, 0.1) is 0 Å². The highest BCUT2D eigenvalue weighted by Crippen LogP contribution is 1.88. The van der Waals surface area contributed by atoms with Gasteiger partial charge in [0, 0.05) is 6.54 Å². The van der Waals surface area contributed by atoms with Crippen molar-refractivity contribution in [2.24, 2.45) is 11.5 Å². The molecule has 2 nitrogen and oxygen atoms in total. The highest BCUT2D eigenvalue weighted by atomic mass is 14.5. The van der Waals surface area contributed by atoms with Crippen molar-refractivity contribution in [3.05, 3.63) is 12.7 Å². The second kappa shape index (κ2) is 15.9. The van der Waals surface area contributed by atoms with Crippen LogP contribution in [0.25, 0.3) is 0 Å². The highest BCUT2D eigenvalue weighted by molar-refractivity contribution is 4.64. The van der Waals surface area contributed by atoms with E-state index in [1.165, 1.54) is 19.3 Å². The molecule has 62 valence electrons. The quantitative estimate of drug-likeness (QED) is 0.461. The van der Waals surface area contributed by atoms with Crippen molar-refractivity contribution in [3.8, 4) is 0 Å². The molecule has 4 N–H and O–H groups in total. The van der Waals surface area contributed by atoms with Gasteiger partial charge in [-0.1, -0.05) is 25.8 Å². The smallest absolute Gasteiger partial charge is 0.0104 e. The molecular formula is C8H20N2. The fourth-order valence-electron chi connectivity index (χ4n) is 0.394. The molecule has 0 aromatic rings. The lowest BCUT2D eigenvalue weighted by Gasteiger charge is -1.86. The van der Waals surface area contributed by atoms with Gasteiger partial charge < -0.3 is 11.5 Å². The molecule has 0 aliphatic heterocycles. The van der Waals surface area contributed by atoms with E-state index in [0.717, 1.165) is 6.54 Å². The van der Waals surface area contributed by atoms with Crippen molar-refractivity contribution in [3.63, 3.8) is 0 Å². The van der Waals surface area contributed by atoms with Gasteiger partial charge in [-0.3, -0.25) is 0 Å². The summed E-state index contributed by atoms with van der Waals surface area (Å²) in [5, 5.41) is 0. The van der Waals surface area contributed by atoms with Gasteiger partial charge >= 0.3 is 0 Å². The van der Waals surface area contributed by atoms with Crippen molar-refractivity contribution in [2.45, 2.75) is 26.2 Å². The number of hydrogen-bond donors (Lipinski definition) is 2. The van der Waals surface area contributed by atoms with Crippen molar-refractivity contribution in [1.82, 2.24) is 0 Å². The Balaban J connectivity index is 0. The molecule has 0 radical (unpaired) electrons. The normalized spacial score (nSPS) is 7.90. The van der Waals surface area contributed by atoms with Crippen LogP contribution in [-0.4, -0.2) is 13.1 Å². The van der Waals surface area contributed by atoms with E-state index < -0.39 is 0 Å². The van der Waals surface area contributed by atoms with Crippen molar-refractivity contribution < 1.29 is 0 Å². The molecule has 0 atom stereocenters. The Bertz CT molecular complexity index is 49.2. The molecule has 0 aliphatic rings. The van der Waals surface area contributed by atoms with Crippen LogP contribution >= 0.6 is 0 Å². The van der Waals surface area contributed by atoms with Gasteiger partial charge in [-0.25, -0.2) is 0 Å². The number of unbranched alkanes of at least 4 members (excludes halogenated alkanes) is 2. The first-order valence-corrected chi connectivity index (χ1v) is 3.84. The standard InChI is InChI=1S/C5H13N.C3H7N/c1-2-3-4-5-6;1-2-3-4/h2-6H2,1H3;2H,1,3-4H2. The molecule has 0 bridgehead atoms. The average Bonchev–Trinajstić information content (AvgIpc) is 2.01. The second-order valence-corrected chi connectivity index (χ2v) is 2.02. The summed E-state index contributed by atoms with van der Waals surface area (Å²) in [6, 6.07) is 0. The summed E-state index contributed by atoms with van der Waals surface area (Å²) in [5.74, 6) is 0. The average molecular weight is 144 g/mol. The third-order valence-corrected chi connectivity index (χ3v) is 0.974. The molecule has 2 heteroatoms. The van der Waals surface area contributed by atoms with Crippen LogP contribution in [-0.2, 0) is 0 Å². The lowest BCUT2D eigenvalue weighted by molar-refractivity contribution is 0.727. The van der Waals surface area contributed by atoms with E-state index in [-0.39, 0.29) is 0 Å². The molecule has 0 aliphatic carbocycles. The van der Waals surface area contributed by atoms with Gasteiger partial charge in [-0.15, -0.1) is 6.58 Å². The van der Waals surface area contributed by atoms with Gasteiger partial charge in [-0.2, -0.15) is 0 Å². The summed E-state index contributed by atoms with van der Waals surface area (Å²) in [7, 11) is 0. The maximum Gasteiger partial charge on any atom is 0.0104 e. The van der Waals surface area contributed by atoms with Crippen LogP contribution in [0.1, 0.15) is 26.2 Å². The Kier molecular flexibility index (Phi) is 19.6. The first-order valence-electron chi connectivity index (χ1n) is 3.84. The van der Waals surface area contributed by atoms with E-state index in [9.17, 15) is 0 Å². The van der Waals surface area contributed by atoms with E-state index in [1.54, 1.807) is 6.08 Å². The van der Waals surface area contributed by atoms with Crippen LogP contribution in [0.3, 0.4) is 0 Å². The zero-order chi connectivity index (χ0) is 8.24. The van der Waals surface area contributed by atoms with Gasteiger partial charge in [-0.05, 0) is 13.0 Å². The zero-order valence-electron chi connectivity index (χ0n) is 6.97. The third-order valence-electron chi connectivity index (χ3n) is 0.974. The molecule has 0 heterocycles. The molecule has 10 heavy (non-hydrogen) atoms. The fourth-order valence-corrected chi connectivity index (χ4v) is 0.394. The molecule has 0 saturated heterocycles. The maximum absolute atomic E-state index is 5.21. The van der Waals surface area contributed by atoms with Crippen LogP contribution in [0.5, 0.6) is 0 Å². The monoisotopic (exact) mass is 144 g/mol. The molecule has 0 aromatic heterocycles. The van der Waals surface area contributed by atoms with Gasteiger partial charge in [0.25, 0.3) is 0 Å². The third kappa shape index (κ3) is 25.4. The number of hydrogen-bond acceptors (Lipinski definition) is 2. The Morgan fingerprint density at radius 2 is 1.80 bits per heavy atom. The Hall–Kier alpha value is -0.340. The number of rotatable bonds is 4. The van der Waals surface area contributed by atoms with E-state index >= 15 is 0 Å². The Morgan fingerprint density at radius 1 is 1.30 bits per heavy atom. The van der Waals surface area contributed by atoms with Crippen LogP contribution in [0, 0.1) is 0 Å². The second-order valence-electron chi connectivity index (χ2n) is 2.02. The topological polar surface area (TPSA) is 52.0 Å². The first kappa shape index (κ1) is 12.3. The maximum atomic E-state index is 5.21. The molecule has 0 amide bonds. The van der Waals surface area contributed by atoms with E-state index in [0.29, 0.717) is 6.54 Å². The minimum atomic E-state index is 0.583. The Morgan fingerprint density at radius 3 is 1.90 bits per heavy atom. The van der Waals surface area contributed by atoms with E-state index in [2.05, 4.69) is 13.5 Å². The predicted octanol–water partition coefficient (Wildman–Crippen LogP) is 1.27. The summed E-state index contributed by atoms with van der Waals surface area (Å²) in [4.78, 5) is 0. The summed E-state index contributed by atoms with van der Waals surface area (Å²) >= 11 is 0. The molecule has 0 aromatic carbocycles. The van der Waals surface area contributed by atoms with Crippen LogP contribution < -0.4 is 11.5 Å². The summed E-state index contributed by atoms with van der Waals surface area (Å²) in [6.07, 6.45) is 5.41. The largest absolute Gasteiger partial charge is 0.330 e. The van der Waals surface area contributed by atoms with Gasteiger partial charge in [0.15, 0.2) is 0 Å². The fraction of sp³-hybridized carbons (Fsp3) is 0.750.